The van der Waals surface area contributed by atoms with Gasteiger partial charge in [-0.05, 0) is 31.6 Å². The molecule has 3 aromatic heterocycles. The first-order valence-electron chi connectivity index (χ1n) is 9.55. The predicted octanol–water partition coefficient (Wildman–Crippen LogP) is 2.61. The molecule has 0 aliphatic carbocycles. The van der Waals surface area contributed by atoms with Crippen LogP contribution in [0.2, 0.25) is 0 Å². The zero-order chi connectivity index (χ0) is 21.1. The Bertz CT molecular complexity index is 1190. The third kappa shape index (κ3) is 4.01. The number of hydrogen-bond acceptors (Lipinski definition) is 7. The van der Waals surface area contributed by atoms with E-state index in [-0.39, 0.29) is 11.5 Å². The van der Waals surface area contributed by atoms with E-state index in [4.69, 9.17) is 12.2 Å². The second-order valence-corrected chi connectivity index (χ2v) is 8.29. The second kappa shape index (κ2) is 8.80. The molecule has 1 aliphatic heterocycles. The smallest absolute Gasteiger partial charge is 0.267 e. The monoisotopic (exact) mass is 440 g/mol. The Morgan fingerprint density at radius 1 is 1.27 bits per heavy atom. The van der Waals surface area contributed by atoms with Crippen molar-refractivity contribution in [2.75, 3.05) is 18.4 Å². The van der Waals surface area contributed by atoms with Gasteiger partial charge in [0.05, 0.1) is 16.8 Å². The van der Waals surface area contributed by atoms with E-state index in [2.05, 4.69) is 15.3 Å². The van der Waals surface area contributed by atoms with Crippen LogP contribution in [-0.2, 0) is 11.3 Å². The van der Waals surface area contributed by atoms with Crippen LogP contribution < -0.4 is 10.9 Å². The number of aryl methyl sites for hydroxylation is 1. The van der Waals surface area contributed by atoms with Crippen molar-refractivity contribution >= 4 is 51.7 Å². The van der Waals surface area contributed by atoms with Gasteiger partial charge in [-0.1, -0.05) is 30.0 Å². The lowest BCUT2D eigenvalue weighted by Crippen LogP contribution is -2.27. The summed E-state index contributed by atoms with van der Waals surface area (Å²) in [7, 11) is 0. The Labute approximate surface area is 182 Å². The highest BCUT2D eigenvalue weighted by molar-refractivity contribution is 8.26. The molecule has 0 unspecified atom stereocenters. The summed E-state index contributed by atoms with van der Waals surface area (Å²) in [6.45, 7) is 3.78. The highest BCUT2D eigenvalue weighted by Crippen LogP contribution is 2.32. The highest BCUT2D eigenvalue weighted by Gasteiger charge is 2.31. The van der Waals surface area contributed by atoms with Crippen molar-refractivity contribution < 1.29 is 4.79 Å². The molecule has 0 spiro atoms. The van der Waals surface area contributed by atoms with Crippen molar-refractivity contribution in [1.29, 1.82) is 0 Å². The van der Waals surface area contributed by atoms with Crippen LogP contribution in [-0.4, -0.2) is 47.2 Å². The Morgan fingerprint density at radius 2 is 2.13 bits per heavy atom. The van der Waals surface area contributed by atoms with Crippen LogP contribution in [0.3, 0.4) is 0 Å². The quantitative estimate of drug-likeness (QED) is 0.343. The zero-order valence-electron chi connectivity index (χ0n) is 16.3. The van der Waals surface area contributed by atoms with Crippen molar-refractivity contribution in [3.05, 3.63) is 63.9 Å². The summed E-state index contributed by atoms with van der Waals surface area (Å²) in [4.78, 5) is 36.4. The number of carbonyl (C=O) groups excluding carboxylic acids is 1. The minimum atomic E-state index is -0.237. The number of amides is 1. The first kappa shape index (κ1) is 20.3. The van der Waals surface area contributed by atoms with E-state index in [1.807, 2.05) is 23.8 Å². The van der Waals surface area contributed by atoms with Gasteiger partial charge in [0.1, 0.15) is 15.8 Å². The van der Waals surface area contributed by atoms with E-state index in [9.17, 15) is 9.59 Å². The summed E-state index contributed by atoms with van der Waals surface area (Å²) >= 11 is 6.49. The maximum Gasteiger partial charge on any atom is 0.267 e. The molecule has 8 nitrogen and oxygen atoms in total. The van der Waals surface area contributed by atoms with E-state index in [0.717, 1.165) is 13.0 Å². The molecule has 0 saturated carbocycles. The Hall–Kier alpha value is -2.98. The van der Waals surface area contributed by atoms with Gasteiger partial charge in [-0.25, -0.2) is 9.97 Å². The van der Waals surface area contributed by atoms with Gasteiger partial charge >= 0.3 is 0 Å². The first-order valence-corrected chi connectivity index (χ1v) is 10.8. The summed E-state index contributed by atoms with van der Waals surface area (Å²) in [5.41, 5.74) is 0.648. The van der Waals surface area contributed by atoms with Gasteiger partial charge in [0, 0.05) is 38.2 Å². The van der Waals surface area contributed by atoms with Crippen LogP contribution in [0.5, 0.6) is 0 Å². The Balaban J connectivity index is 1.66. The topological polar surface area (TPSA) is 84.5 Å². The number of imidazole rings is 1. The van der Waals surface area contributed by atoms with E-state index in [0.29, 0.717) is 39.3 Å². The number of thioether (sulfide) groups is 1. The fourth-order valence-corrected chi connectivity index (χ4v) is 4.52. The molecule has 0 aromatic carbocycles. The number of nitrogens with one attached hydrogen (secondary N) is 1. The minimum Gasteiger partial charge on any atom is -0.369 e. The average molecular weight is 441 g/mol. The molecule has 0 bridgehead atoms. The molecule has 1 fully saturated rings. The zero-order valence-corrected chi connectivity index (χ0v) is 17.9. The number of nitrogens with zero attached hydrogens (tertiary/aromatic N) is 5. The maximum absolute atomic E-state index is 13.2. The van der Waals surface area contributed by atoms with Crippen LogP contribution in [0.4, 0.5) is 5.82 Å². The van der Waals surface area contributed by atoms with E-state index < -0.39 is 0 Å². The molecule has 0 radical (unpaired) electrons. The normalized spacial score (nSPS) is 15.5. The number of hydrogen-bond donors (Lipinski definition) is 1. The van der Waals surface area contributed by atoms with Crippen molar-refractivity contribution in [3.63, 3.8) is 0 Å². The first-order chi connectivity index (χ1) is 14.6. The second-order valence-electron chi connectivity index (χ2n) is 6.61. The van der Waals surface area contributed by atoms with E-state index >= 15 is 0 Å². The van der Waals surface area contributed by atoms with E-state index in [1.54, 1.807) is 36.9 Å². The fourth-order valence-electron chi connectivity index (χ4n) is 3.16. The molecular weight excluding hydrogens is 420 g/mol. The van der Waals surface area contributed by atoms with Crippen LogP contribution in [0.15, 0.2) is 52.8 Å². The van der Waals surface area contributed by atoms with Crippen LogP contribution in [0.1, 0.15) is 18.9 Å². The summed E-state index contributed by atoms with van der Waals surface area (Å²) in [5.74, 6) is 0.273. The number of likely N-dealkylation sites (N-methyl/N-ethyl adjacent to an activating group) is 1. The number of thiocarbonyl (C=S) groups is 1. The molecule has 1 saturated heterocycles. The molecule has 0 atom stereocenters. The molecule has 1 N–H and O–H groups in total. The van der Waals surface area contributed by atoms with Crippen LogP contribution in [0, 0.1) is 0 Å². The van der Waals surface area contributed by atoms with Crippen molar-refractivity contribution in [1.82, 2.24) is 23.8 Å². The lowest BCUT2D eigenvalue weighted by molar-refractivity contribution is -0.121. The fraction of sp³-hybridized carbons (Fsp3) is 0.250. The molecule has 4 heterocycles. The Morgan fingerprint density at radius 3 is 2.87 bits per heavy atom. The predicted molar refractivity (Wildman–Crippen MR) is 122 cm³/mol. The summed E-state index contributed by atoms with van der Waals surface area (Å²) in [6.07, 6.45) is 9.50. The summed E-state index contributed by atoms with van der Waals surface area (Å²) in [6, 6.07) is 5.38. The van der Waals surface area contributed by atoms with Crippen molar-refractivity contribution in [3.8, 4) is 0 Å². The average Bonchev–Trinajstić information content (AvgIpc) is 3.35. The van der Waals surface area contributed by atoms with Gasteiger partial charge in [-0.3, -0.25) is 18.9 Å². The molecule has 10 heteroatoms. The maximum atomic E-state index is 13.2. The van der Waals surface area contributed by atoms with Gasteiger partial charge < -0.3 is 9.88 Å². The molecule has 1 amide bonds. The lowest BCUT2D eigenvalue weighted by Gasteiger charge is -2.11. The molecule has 1 aliphatic rings. The van der Waals surface area contributed by atoms with Gasteiger partial charge in [-0.2, -0.15) is 0 Å². The van der Waals surface area contributed by atoms with Crippen LogP contribution in [0.25, 0.3) is 11.7 Å². The summed E-state index contributed by atoms with van der Waals surface area (Å²) < 4.78 is 3.96. The van der Waals surface area contributed by atoms with E-state index in [1.165, 1.54) is 21.1 Å². The summed E-state index contributed by atoms with van der Waals surface area (Å²) in [5, 5.41) is 3.26. The van der Waals surface area contributed by atoms with Gasteiger partial charge in [-0.15, -0.1) is 0 Å². The van der Waals surface area contributed by atoms with Crippen molar-refractivity contribution in [2.24, 2.45) is 0 Å². The minimum absolute atomic E-state index is 0.184. The van der Waals surface area contributed by atoms with Crippen LogP contribution >= 0.6 is 24.0 Å². The van der Waals surface area contributed by atoms with Gasteiger partial charge in [0.15, 0.2) is 0 Å². The molecule has 3 aromatic rings. The number of rotatable bonds is 7. The molecule has 30 heavy (non-hydrogen) atoms. The number of aromatic nitrogens is 4. The highest BCUT2D eigenvalue weighted by atomic mass is 32.2. The SMILES string of the molecule is CCN1C(=O)C(=Cc2c(NCCCn3ccnc3)nc3ccccn3c2=O)SC1=S. The number of carbonyl (C=O) groups is 1. The third-order valence-electron chi connectivity index (χ3n) is 4.68. The number of fused-ring (bicyclic) bond motifs is 1. The standard InChI is InChI=1S/C20H20N6O2S2/c1-2-25-19(28)15(30-20(25)29)12-14-17(22-7-5-9-24-11-8-21-13-24)23-16-6-3-4-10-26(16)18(14)27/h3-4,6,8,10-13,22H,2,5,7,9H2,1H3. The lowest BCUT2D eigenvalue weighted by atomic mass is 10.2. The Kier molecular flexibility index (Phi) is 5.96. The molecular formula is C20H20N6O2S2. The van der Waals surface area contributed by atoms with Gasteiger partial charge in [0.2, 0.25) is 0 Å². The number of pyridine rings is 1. The number of anilines is 1. The largest absolute Gasteiger partial charge is 0.369 e. The van der Waals surface area contributed by atoms with Gasteiger partial charge in [0.25, 0.3) is 11.5 Å². The van der Waals surface area contributed by atoms with Crippen molar-refractivity contribution in [2.45, 2.75) is 19.9 Å². The molecule has 154 valence electrons. The third-order valence-corrected chi connectivity index (χ3v) is 6.06. The molecule has 4 rings (SSSR count).